The van der Waals surface area contributed by atoms with Gasteiger partial charge in [-0.2, -0.15) is 0 Å². The molecule has 1 aromatic carbocycles. The van der Waals surface area contributed by atoms with Crippen molar-refractivity contribution in [3.8, 4) is 11.3 Å². The van der Waals surface area contributed by atoms with E-state index in [1.54, 1.807) is 30.5 Å². The summed E-state index contributed by atoms with van der Waals surface area (Å²) in [4.78, 5) is 27.8. The zero-order valence-electron chi connectivity index (χ0n) is 17.6. The molecule has 0 atom stereocenters. The van der Waals surface area contributed by atoms with Crippen LogP contribution in [0, 0.1) is 13.8 Å². The number of nitrogens with two attached hydrogens (primary N) is 1. The normalized spacial score (nSPS) is 11.1. The fraction of sp³-hybridized carbons (Fsp3) is 0.217. The van der Waals surface area contributed by atoms with Crippen LogP contribution in [0.15, 0.2) is 48.9 Å². The molecule has 3 aromatic heterocycles. The number of pyridine rings is 1. The lowest BCUT2D eigenvalue weighted by Gasteiger charge is -2.16. The number of carbonyl (C=O) groups excluding carboxylic acids is 1. The molecule has 0 spiro atoms. The molecule has 158 valence electrons. The van der Waals surface area contributed by atoms with Crippen LogP contribution in [0.1, 0.15) is 32.9 Å². The lowest BCUT2D eigenvalue weighted by molar-refractivity contribution is 0.0780. The molecule has 4 rings (SSSR count). The summed E-state index contributed by atoms with van der Waals surface area (Å²) in [6.07, 6.45) is 5.15. The molecule has 4 aromatic rings. The van der Waals surface area contributed by atoms with E-state index in [0.29, 0.717) is 29.6 Å². The van der Waals surface area contributed by atoms with Gasteiger partial charge in [-0.15, -0.1) is 0 Å². The molecule has 0 aliphatic heterocycles. The summed E-state index contributed by atoms with van der Waals surface area (Å²) in [5.41, 5.74) is 11.9. The van der Waals surface area contributed by atoms with Gasteiger partial charge in [0.1, 0.15) is 5.69 Å². The standard InChI is InChI=1S/C23H23ClN6O/c1-14-10-17(24)4-5-18(14)21-19(11-25)15(2)27-23-28-20(13-30(21)23)22(31)29(3)12-16-6-8-26-9-7-16/h4-10,13H,11-12,25H2,1-3H3. The quantitative estimate of drug-likeness (QED) is 0.516. The minimum Gasteiger partial charge on any atom is -0.336 e. The van der Waals surface area contributed by atoms with Gasteiger partial charge in [-0.25, -0.2) is 9.97 Å². The molecule has 0 aliphatic carbocycles. The number of rotatable bonds is 5. The number of carbonyl (C=O) groups is 1. The van der Waals surface area contributed by atoms with Crippen molar-refractivity contribution in [2.75, 3.05) is 7.05 Å². The Kier molecular flexibility index (Phi) is 5.71. The highest BCUT2D eigenvalue weighted by molar-refractivity contribution is 6.30. The summed E-state index contributed by atoms with van der Waals surface area (Å²) in [7, 11) is 1.75. The summed E-state index contributed by atoms with van der Waals surface area (Å²) in [5.74, 6) is 0.271. The first-order valence-electron chi connectivity index (χ1n) is 9.88. The summed E-state index contributed by atoms with van der Waals surface area (Å²) < 4.78 is 1.85. The first-order chi connectivity index (χ1) is 14.9. The number of amides is 1. The number of nitrogens with zero attached hydrogens (tertiary/aromatic N) is 5. The van der Waals surface area contributed by atoms with Crippen LogP contribution in [0.3, 0.4) is 0 Å². The van der Waals surface area contributed by atoms with E-state index in [4.69, 9.17) is 17.3 Å². The van der Waals surface area contributed by atoms with E-state index in [1.165, 1.54) is 0 Å². The predicted octanol–water partition coefficient (Wildman–Crippen LogP) is 3.79. The number of benzene rings is 1. The van der Waals surface area contributed by atoms with Crippen LogP contribution < -0.4 is 5.73 Å². The number of imidazole rings is 1. The number of fused-ring (bicyclic) bond motifs is 1. The zero-order chi connectivity index (χ0) is 22.1. The van der Waals surface area contributed by atoms with Crippen molar-refractivity contribution >= 4 is 23.3 Å². The summed E-state index contributed by atoms with van der Waals surface area (Å²) in [6.45, 7) is 4.67. The van der Waals surface area contributed by atoms with Gasteiger partial charge in [0, 0.05) is 60.6 Å². The van der Waals surface area contributed by atoms with Crippen LogP contribution in [0.4, 0.5) is 0 Å². The molecule has 0 fully saturated rings. The van der Waals surface area contributed by atoms with E-state index in [1.807, 2.05) is 48.6 Å². The van der Waals surface area contributed by atoms with Crippen molar-refractivity contribution in [1.29, 1.82) is 0 Å². The van der Waals surface area contributed by atoms with E-state index >= 15 is 0 Å². The number of aryl methyl sites for hydroxylation is 2. The van der Waals surface area contributed by atoms with Crippen molar-refractivity contribution in [3.63, 3.8) is 0 Å². The van der Waals surface area contributed by atoms with Gasteiger partial charge >= 0.3 is 0 Å². The first kappa shape index (κ1) is 21.0. The molecule has 0 unspecified atom stereocenters. The molecule has 7 nitrogen and oxygen atoms in total. The van der Waals surface area contributed by atoms with Gasteiger partial charge in [-0.05, 0) is 49.2 Å². The molecule has 2 N–H and O–H groups in total. The maximum Gasteiger partial charge on any atom is 0.274 e. The van der Waals surface area contributed by atoms with E-state index < -0.39 is 0 Å². The summed E-state index contributed by atoms with van der Waals surface area (Å²) in [5, 5.41) is 0.664. The molecular formula is C23H23ClN6O. The van der Waals surface area contributed by atoms with Crippen LogP contribution >= 0.6 is 11.6 Å². The second-order valence-electron chi connectivity index (χ2n) is 7.50. The molecule has 3 heterocycles. The van der Waals surface area contributed by atoms with E-state index in [0.717, 1.165) is 33.6 Å². The maximum absolute atomic E-state index is 13.1. The fourth-order valence-corrected chi connectivity index (χ4v) is 3.94. The number of hydrogen-bond acceptors (Lipinski definition) is 5. The monoisotopic (exact) mass is 434 g/mol. The molecule has 31 heavy (non-hydrogen) atoms. The van der Waals surface area contributed by atoms with Gasteiger partial charge in [0.2, 0.25) is 5.78 Å². The lowest BCUT2D eigenvalue weighted by atomic mass is 10.00. The number of halogens is 1. The minimum absolute atomic E-state index is 0.187. The third-order valence-electron chi connectivity index (χ3n) is 5.30. The van der Waals surface area contributed by atoms with Gasteiger partial charge in [-0.3, -0.25) is 14.2 Å². The molecule has 0 radical (unpaired) electrons. The third kappa shape index (κ3) is 4.02. The number of hydrogen-bond donors (Lipinski definition) is 1. The van der Waals surface area contributed by atoms with Crippen molar-refractivity contribution in [1.82, 2.24) is 24.3 Å². The highest BCUT2D eigenvalue weighted by Gasteiger charge is 2.21. The van der Waals surface area contributed by atoms with Crippen LogP contribution in [0.25, 0.3) is 17.0 Å². The Morgan fingerprint density at radius 3 is 2.58 bits per heavy atom. The van der Waals surface area contributed by atoms with Crippen molar-refractivity contribution < 1.29 is 4.79 Å². The Morgan fingerprint density at radius 1 is 1.16 bits per heavy atom. The molecule has 0 bridgehead atoms. The summed E-state index contributed by atoms with van der Waals surface area (Å²) in [6, 6.07) is 9.48. The Balaban J connectivity index is 1.81. The second kappa shape index (κ2) is 8.45. The van der Waals surface area contributed by atoms with Gasteiger partial charge in [0.25, 0.3) is 5.91 Å². The number of aromatic nitrogens is 4. The predicted molar refractivity (Wildman–Crippen MR) is 121 cm³/mol. The molecule has 0 aliphatic rings. The Labute approximate surface area is 185 Å². The molecule has 0 saturated heterocycles. The molecule has 1 amide bonds. The second-order valence-corrected chi connectivity index (χ2v) is 7.94. The van der Waals surface area contributed by atoms with E-state index in [-0.39, 0.29) is 5.91 Å². The topological polar surface area (TPSA) is 89.4 Å². The van der Waals surface area contributed by atoms with Crippen LogP contribution in [0.2, 0.25) is 5.02 Å². The zero-order valence-corrected chi connectivity index (χ0v) is 18.4. The Morgan fingerprint density at radius 2 is 1.90 bits per heavy atom. The maximum atomic E-state index is 13.1. The van der Waals surface area contributed by atoms with E-state index in [9.17, 15) is 4.79 Å². The average Bonchev–Trinajstić information content (AvgIpc) is 3.16. The average molecular weight is 435 g/mol. The van der Waals surface area contributed by atoms with E-state index in [2.05, 4.69) is 15.0 Å². The lowest BCUT2D eigenvalue weighted by Crippen LogP contribution is -2.26. The van der Waals surface area contributed by atoms with Crippen LogP contribution in [0.5, 0.6) is 0 Å². The van der Waals surface area contributed by atoms with Gasteiger partial charge in [0.15, 0.2) is 0 Å². The first-order valence-corrected chi connectivity index (χ1v) is 10.3. The van der Waals surface area contributed by atoms with Crippen LogP contribution in [-0.4, -0.2) is 37.2 Å². The molecule has 0 saturated carbocycles. The fourth-order valence-electron chi connectivity index (χ4n) is 3.71. The van der Waals surface area contributed by atoms with Crippen molar-refractivity contribution in [3.05, 3.63) is 82.0 Å². The van der Waals surface area contributed by atoms with Gasteiger partial charge in [-0.1, -0.05) is 17.7 Å². The largest absolute Gasteiger partial charge is 0.336 e. The van der Waals surface area contributed by atoms with Crippen molar-refractivity contribution in [2.24, 2.45) is 5.73 Å². The molecular weight excluding hydrogens is 412 g/mol. The molecule has 8 heteroatoms. The van der Waals surface area contributed by atoms with Crippen LogP contribution in [-0.2, 0) is 13.1 Å². The Bertz CT molecular complexity index is 1270. The van der Waals surface area contributed by atoms with Gasteiger partial charge in [0.05, 0.1) is 5.69 Å². The SMILES string of the molecule is Cc1cc(Cl)ccc1-c1c(CN)c(C)nc2nc(C(=O)N(C)Cc3ccncc3)cn12. The third-order valence-corrected chi connectivity index (χ3v) is 5.54. The van der Waals surface area contributed by atoms with Crippen molar-refractivity contribution in [2.45, 2.75) is 26.9 Å². The Hall–Kier alpha value is -3.29. The highest BCUT2D eigenvalue weighted by Crippen LogP contribution is 2.31. The van der Waals surface area contributed by atoms with Gasteiger partial charge < -0.3 is 10.6 Å². The highest BCUT2D eigenvalue weighted by atomic mass is 35.5. The minimum atomic E-state index is -0.187. The summed E-state index contributed by atoms with van der Waals surface area (Å²) >= 11 is 6.16. The smallest absolute Gasteiger partial charge is 0.274 e.